The molecular weight excluding hydrogens is 222 g/mol. The molecule has 1 atom stereocenters. The topological polar surface area (TPSA) is 83.4 Å². The third-order valence-electron chi connectivity index (χ3n) is 2.58. The quantitative estimate of drug-likeness (QED) is 0.852. The summed E-state index contributed by atoms with van der Waals surface area (Å²) in [6, 6.07) is 5.55. The van der Waals surface area contributed by atoms with Gasteiger partial charge in [-0.15, -0.1) is 0 Å². The zero-order valence-corrected chi connectivity index (χ0v) is 9.00. The van der Waals surface area contributed by atoms with Gasteiger partial charge in [0.2, 0.25) is 12.2 Å². The molecule has 1 aromatic heterocycles. The molecule has 0 bridgehead atoms. The van der Waals surface area contributed by atoms with Gasteiger partial charge in [-0.3, -0.25) is 0 Å². The Morgan fingerprint density at radius 2 is 2.41 bits per heavy atom. The molecule has 2 N–H and O–H groups in total. The Balaban J connectivity index is 1.72. The van der Waals surface area contributed by atoms with Crippen molar-refractivity contribution in [1.82, 2.24) is 10.1 Å². The second-order valence-corrected chi connectivity index (χ2v) is 3.75. The number of hydrogen-bond donors (Lipinski definition) is 1. The second kappa shape index (κ2) is 4.06. The average molecular weight is 233 g/mol. The molecule has 3 rings (SSSR count). The first kappa shape index (κ1) is 10.1. The first-order valence-corrected chi connectivity index (χ1v) is 5.23. The van der Waals surface area contributed by atoms with Crippen molar-refractivity contribution in [2.75, 3.05) is 6.61 Å². The SMILES string of the molecule is NC1COc2cc(OCc3ncon3)ccc21. The summed E-state index contributed by atoms with van der Waals surface area (Å²) in [5.41, 5.74) is 6.86. The minimum atomic E-state index is -0.0451. The minimum absolute atomic E-state index is 0.0451. The molecule has 6 heteroatoms. The normalized spacial score (nSPS) is 17.6. The predicted molar refractivity (Wildman–Crippen MR) is 57.5 cm³/mol. The van der Waals surface area contributed by atoms with Gasteiger partial charge in [-0.05, 0) is 12.1 Å². The van der Waals surface area contributed by atoms with E-state index in [1.54, 1.807) is 0 Å². The molecule has 6 nitrogen and oxygen atoms in total. The van der Waals surface area contributed by atoms with Gasteiger partial charge in [0, 0.05) is 11.6 Å². The monoisotopic (exact) mass is 233 g/mol. The first-order chi connectivity index (χ1) is 8.33. The van der Waals surface area contributed by atoms with Gasteiger partial charge in [0.05, 0.1) is 6.04 Å². The second-order valence-electron chi connectivity index (χ2n) is 3.75. The van der Waals surface area contributed by atoms with Crippen LogP contribution in [0, 0.1) is 0 Å². The average Bonchev–Trinajstić information content (AvgIpc) is 2.97. The Bertz CT molecular complexity index is 513. The molecule has 88 valence electrons. The van der Waals surface area contributed by atoms with Crippen molar-refractivity contribution in [2.45, 2.75) is 12.6 Å². The van der Waals surface area contributed by atoms with E-state index in [4.69, 9.17) is 15.2 Å². The summed E-state index contributed by atoms with van der Waals surface area (Å²) in [6.45, 7) is 0.783. The van der Waals surface area contributed by atoms with Crippen molar-refractivity contribution in [3.63, 3.8) is 0 Å². The lowest BCUT2D eigenvalue weighted by Crippen LogP contribution is -2.10. The van der Waals surface area contributed by atoms with Gasteiger partial charge in [0.1, 0.15) is 18.1 Å². The van der Waals surface area contributed by atoms with E-state index in [0.29, 0.717) is 18.2 Å². The lowest BCUT2D eigenvalue weighted by molar-refractivity contribution is 0.283. The van der Waals surface area contributed by atoms with E-state index < -0.39 is 0 Å². The predicted octanol–water partition coefficient (Wildman–Crippen LogP) is 1.04. The van der Waals surface area contributed by atoms with Crippen LogP contribution in [0.15, 0.2) is 29.1 Å². The maximum Gasteiger partial charge on any atom is 0.213 e. The number of benzene rings is 1. The van der Waals surface area contributed by atoms with Crippen molar-refractivity contribution in [2.24, 2.45) is 5.73 Å². The van der Waals surface area contributed by atoms with Gasteiger partial charge in [0.25, 0.3) is 0 Å². The highest BCUT2D eigenvalue weighted by atomic mass is 16.5. The molecule has 17 heavy (non-hydrogen) atoms. The van der Waals surface area contributed by atoms with Crippen LogP contribution in [0.2, 0.25) is 0 Å². The van der Waals surface area contributed by atoms with Gasteiger partial charge in [-0.1, -0.05) is 5.16 Å². The highest BCUT2D eigenvalue weighted by Crippen LogP contribution is 2.33. The molecule has 0 fully saturated rings. The Labute approximate surface area is 97.3 Å². The lowest BCUT2D eigenvalue weighted by atomic mass is 10.1. The Kier molecular flexibility index (Phi) is 2.41. The van der Waals surface area contributed by atoms with Gasteiger partial charge in [-0.2, -0.15) is 4.98 Å². The van der Waals surface area contributed by atoms with Crippen molar-refractivity contribution < 1.29 is 14.0 Å². The standard InChI is InChI=1S/C11H11N3O3/c12-9-4-16-10-3-7(1-2-8(9)10)15-5-11-13-6-17-14-11/h1-3,6,9H,4-5,12H2. The molecule has 0 saturated heterocycles. The van der Waals surface area contributed by atoms with Crippen molar-refractivity contribution in [3.8, 4) is 11.5 Å². The van der Waals surface area contributed by atoms with Crippen LogP contribution in [0.3, 0.4) is 0 Å². The summed E-state index contributed by atoms with van der Waals surface area (Å²) < 4.78 is 15.5. The van der Waals surface area contributed by atoms with Gasteiger partial charge < -0.3 is 19.7 Å². The molecule has 2 heterocycles. The zero-order valence-electron chi connectivity index (χ0n) is 9.00. The number of ether oxygens (including phenoxy) is 2. The Morgan fingerprint density at radius 3 is 3.24 bits per heavy atom. The Hall–Kier alpha value is -2.08. The maximum absolute atomic E-state index is 5.85. The summed E-state index contributed by atoms with van der Waals surface area (Å²) in [7, 11) is 0. The van der Waals surface area contributed by atoms with E-state index in [2.05, 4.69) is 14.7 Å². The van der Waals surface area contributed by atoms with Crippen LogP contribution in [0.4, 0.5) is 0 Å². The molecule has 0 aliphatic carbocycles. The number of hydrogen-bond acceptors (Lipinski definition) is 6. The van der Waals surface area contributed by atoms with E-state index in [9.17, 15) is 0 Å². The zero-order chi connectivity index (χ0) is 11.7. The summed E-state index contributed by atoms with van der Waals surface area (Å²) in [5, 5.41) is 3.65. The van der Waals surface area contributed by atoms with Crippen LogP contribution < -0.4 is 15.2 Å². The van der Waals surface area contributed by atoms with E-state index in [1.807, 2.05) is 18.2 Å². The van der Waals surface area contributed by atoms with E-state index in [0.717, 1.165) is 11.3 Å². The van der Waals surface area contributed by atoms with Crippen molar-refractivity contribution in [3.05, 3.63) is 36.0 Å². The molecule has 1 aromatic carbocycles. The lowest BCUT2D eigenvalue weighted by Gasteiger charge is -2.05. The molecule has 0 saturated carbocycles. The smallest absolute Gasteiger partial charge is 0.213 e. The van der Waals surface area contributed by atoms with Crippen LogP contribution in [-0.2, 0) is 6.61 Å². The fourth-order valence-corrected chi connectivity index (χ4v) is 1.71. The highest BCUT2D eigenvalue weighted by Gasteiger charge is 2.20. The first-order valence-electron chi connectivity index (χ1n) is 5.23. The summed E-state index contributed by atoms with van der Waals surface area (Å²) in [6.07, 6.45) is 1.27. The van der Waals surface area contributed by atoms with Crippen molar-refractivity contribution >= 4 is 0 Å². The Morgan fingerprint density at radius 1 is 1.47 bits per heavy atom. The summed E-state index contributed by atoms with van der Waals surface area (Å²) in [4.78, 5) is 3.86. The number of fused-ring (bicyclic) bond motifs is 1. The number of aromatic nitrogens is 2. The third kappa shape index (κ3) is 1.94. The summed E-state index contributed by atoms with van der Waals surface area (Å²) in [5.74, 6) is 1.98. The van der Waals surface area contributed by atoms with Crippen LogP contribution >= 0.6 is 0 Å². The van der Waals surface area contributed by atoms with Crippen LogP contribution in [0.5, 0.6) is 11.5 Å². The van der Waals surface area contributed by atoms with Crippen molar-refractivity contribution in [1.29, 1.82) is 0 Å². The number of rotatable bonds is 3. The molecule has 2 aromatic rings. The van der Waals surface area contributed by atoms with Crippen LogP contribution in [0.1, 0.15) is 17.4 Å². The summed E-state index contributed by atoms with van der Waals surface area (Å²) >= 11 is 0. The largest absolute Gasteiger partial charge is 0.491 e. The fourth-order valence-electron chi connectivity index (χ4n) is 1.71. The molecule has 0 amide bonds. The minimum Gasteiger partial charge on any atom is -0.491 e. The fraction of sp³-hybridized carbons (Fsp3) is 0.273. The van der Waals surface area contributed by atoms with Gasteiger partial charge in [0.15, 0.2) is 6.61 Å². The molecule has 1 unspecified atom stereocenters. The molecule has 0 spiro atoms. The maximum atomic E-state index is 5.85. The van der Waals surface area contributed by atoms with E-state index >= 15 is 0 Å². The number of nitrogens with zero attached hydrogens (tertiary/aromatic N) is 2. The van der Waals surface area contributed by atoms with Crippen LogP contribution in [0.25, 0.3) is 0 Å². The van der Waals surface area contributed by atoms with E-state index in [1.165, 1.54) is 6.39 Å². The highest BCUT2D eigenvalue weighted by molar-refractivity contribution is 5.44. The molecular formula is C11H11N3O3. The van der Waals surface area contributed by atoms with Gasteiger partial charge in [-0.25, -0.2) is 0 Å². The molecule has 0 radical (unpaired) electrons. The van der Waals surface area contributed by atoms with E-state index in [-0.39, 0.29) is 12.6 Å². The van der Waals surface area contributed by atoms with Crippen LogP contribution in [-0.4, -0.2) is 16.7 Å². The third-order valence-corrected chi connectivity index (χ3v) is 2.58. The molecule has 1 aliphatic heterocycles. The molecule has 1 aliphatic rings. The number of nitrogens with two attached hydrogens (primary N) is 1. The van der Waals surface area contributed by atoms with Gasteiger partial charge >= 0.3 is 0 Å².